The second-order valence-electron chi connectivity index (χ2n) is 8.27. The van der Waals surface area contributed by atoms with Crippen LogP contribution in [0.4, 0.5) is 10.6 Å². The van der Waals surface area contributed by atoms with Gasteiger partial charge in [-0.25, -0.2) is 9.78 Å². The maximum absolute atomic E-state index is 12.3. The minimum atomic E-state index is -0.381. The lowest BCUT2D eigenvalue weighted by Gasteiger charge is -2.31. The predicted octanol–water partition coefficient (Wildman–Crippen LogP) is 3.22. The first kappa shape index (κ1) is 22.7. The molecule has 3 heterocycles. The van der Waals surface area contributed by atoms with E-state index < -0.39 is 0 Å². The molecule has 1 aromatic carbocycles. The molecule has 9 heteroatoms. The van der Waals surface area contributed by atoms with Crippen molar-refractivity contribution in [3.63, 3.8) is 0 Å². The number of nitrogens with zero attached hydrogens (tertiary/aromatic N) is 4. The van der Waals surface area contributed by atoms with Crippen LogP contribution in [0, 0.1) is 0 Å². The first-order valence-electron chi connectivity index (χ1n) is 11.2. The Morgan fingerprint density at radius 2 is 1.97 bits per heavy atom. The van der Waals surface area contributed by atoms with E-state index in [4.69, 9.17) is 9.47 Å². The van der Waals surface area contributed by atoms with Crippen LogP contribution in [0.1, 0.15) is 25.3 Å². The van der Waals surface area contributed by atoms with Crippen LogP contribution >= 0.6 is 0 Å². The second-order valence-corrected chi connectivity index (χ2v) is 8.27. The minimum absolute atomic E-state index is 0.0535. The zero-order chi connectivity index (χ0) is 23.0. The number of aromatic nitrogens is 3. The maximum atomic E-state index is 12.3. The van der Waals surface area contributed by atoms with Crippen LogP contribution in [-0.2, 0) is 11.3 Å². The summed E-state index contributed by atoms with van der Waals surface area (Å²) in [6, 6.07) is 9.50. The van der Waals surface area contributed by atoms with Crippen molar-refractivity contribution in [1.29, 1.82) is 0 Å². The summed E-state index contributed by atoms with van der Waals surface area (Å²) in [5.41, 5.74) is 2.79. The van der Waals surface area contributed by atoms with Gasteiger partial charge in [-0.1, -0.05) is 0 Å². The highest BCUT2D eigenvalue weighted by Crippen LogP contribution is 2.19. The van der Waals surface area contributed by atoms with E-state index in [1.165, 1.54) is 5.56 Å². The zero-order valence-electron chi connectivity index (χ0n) is 19.0. The number of anilines is 1. The van der Waals surface area contributed by atoms with E-state index in [2.05, 4.69) is 30.5 Å². The molecule has 2 N–H and O–H groups in total. The van der Waals surface area contributed by atoms with Crippen molar-refractivity contribution < 1.29 is 14.3 Å². The van der Waals surface area contributed by atoms with Gasteiger partial charge in [-0.2, -0.15) is 0 Å². The lowest BCUT2D eigenvalue weighted by atomic mass is 10.1. The molecule has 0 spiro atoms. The normalized spacial score (nSPS) is 15.7. The van der Waals surface area contributed by atoms with Gasteiger partial charge in [-0.05, 0) is 49.6 Å². The smallest absolute Gasteiger partial charge is 0.407 e. The summed E-state index contributed by atoms with van der Waals surface area (Å²) in [5, 5.41) is 6.11. The molecule has 1 aliphatic heterocycles. The molecule has 0 unspecified atom stereocenters. The number of ether oxygens (including phenoxy) is 2. The van der Waals surface area contributed by atoms with Crippen molar-refractivity contribution in [2.75, 3.05) is 32.1 Å². The molecule has 1 aliphatic rings. The molecule has 1 amide bonds. The monoisotopic (exact) mass is 450 g/mol. The van der Waals surface area contributed by atoms with Gasteiger partial charge in [-0.15, -0.1) is 0 Å². The standard InChI is InChI=1S/C24H30N6O3/c1-17(14-27-23-15-26-22-13-20(32-2)3-4-21(22)29-23)28-24(31)33-19-7-11-30(12-8-19)16-18-5-9-25-10-6-18/h3-6,9-10,13,15,17,19H,7-8,11-12,14,16H2,1-2H3,(H,27,29)(H,28,31)/t17-/m1/s1. The number of piperidine rings is 1. The fourth-order valence-corrected chi connectivity index (χ4v) is 3.83. The van der Waals surface area contributed by atoms with Crippen molar-refractivity contribution in [2.24, 2.45) is 0 Å². The Labute approximate surface area is 193 Å². The number of carbonyl (C=O) groups is 1. The topological polar surface area (TPSA) is 102 Å². The van der Waals surface area contributed by atoms with Gasteiger partial charge in [0.2, 0.25) is 0 Å². The Hall–Kier alpha value is -3.46. The van der Waals surface area contributed by atoms with Crippen molar-refractivity contribution in [1.82, 2.24) is 25.2 Å². The van der Waals surface area contributed by atoms with E-state index in [1.54, 1.807) is 13.3 Å². The fourth-order valence-electron chi connectivity index (χ4n) is 3.83. The highest BCUT2D eigenvalue weighted by molar-refractivity contribution is 5.77. The number of pyridine rings is 1. The van der Waals surface area contributed by atoms with Crippen LogP contribution in [0.5, 0.6) is 5.75 Å². The van der Waals surface area contributed by atoms with Gasteiger partial charge in [0.25, 0.3) is 0 Å². The van der Waals surface area contributed by atoms with Crippen molar-refractivity contribution >= 4 is 22.9 Å². The summed E-state index contributed by atoms with van der Waals surface area (Å²) in [5.74, 6) is 1.39. The lowest BCUT2D eigenvalue weighted by molar-refractivity contribution is 0.0475. The van der Waals surface area contributed by atoms with E-state index in [-0.39, 0.29) is 18.2 Å². The Bertz CT molecular complexity index is 1060. The number of alkyl carbamates (subject to hydrolysis) is 1. The number of hydrogen-bond acceptors (Lipinski definition) is 8. The fraction of sp³-hybridized carbons (Fsp3) is 0.417. The number of likely N-dealkylation sites (tertiary alicyclic amines) is 1. The molecule has 0 aliphatic carbocycles. The summed E-state index contributed by atoms with van der Waals surface area (Å²) in [7, 11) is 1.62. The van der Waals surface area contributed by atoms with Crippen molar-refractivity contribution in [2.45, 2.75) is 38.5 Å². The van der Waals surface area contributed by atoms with Gasteiger partial charge >= 0.3 is 6.09 Å². The summed E-state index contributed by atoms with van der Waals surface area (Å²) >= 11 is 0. The van der Waals surface area contributed by atoms with E-state index in [0.717, 1.165) is 49.3 Å². The van der Waals surface area contributed by atoms with Crippen LogP contribution in [0.25, 0.3) is 11.0 Å². The molecule has 3 aromatic rings. The summed E-state index contributed by atoms with van der Waals surface area (Å²) in [6.07, 6.45) is 6.54. The Morgan fingerprint density at radius 3 is 2.73 bits per heavy atom. The summed E-state index contributed by atoms with van der Waals surface area (Å²) in [6.45, 7) is 5.14. The predicted molar refractivity (Wildman–Crippen MR) is 126 cm³/mol. The van der Waals surface area contributed by atoms with Gasteiger partial charge in [0.05, 0.1) is 24.3 Å². The average Bonchev–Trinajstić information content (AvgIpc) is 2.84. The van der Waals surface area contributed by atoms with Crippen LogP contribution in [0.3, 0.4) is 0 Å². The molecule has 9 nitrogen and oxygen atoms in total. The molecule has 0 saturated carbocycles. The van der Waals surface area contributed by atoms with Crippen LogP contribution in [0.2, 0.25) is 0 Å². The van der Waals surface area contributed by atoms with Gasteiger partial charge in [0, 0.05) is 50.7 Å². The number of methoxy groups -OCH3 is 1. The highest BCUT2D eigenvalue weighted by Gasteiger charge is 2.23. The molecule has 174 valence electrons. The Balaban J connectivity index is 1.17. The number of fused-ring (bicyclic) bond motifs is 1. The van der Waals surface area contributed by atoms with Gasteiger partial charge < -0.3 is 20.1 Å². The average molecular weight is 451 g/mol. The molecule has 1 fully saturated rings. The van der Waals surface area contributed by atoms with Crippen LogP contribution < -0.4 is 15.4 Å². The molecule has 1 saturated heterocycles. The molecule has 1 atom stereocenters. The number of benzene rings is 1. The van der Waals surface area contributed by atoms with Gasteiger partial charge in [0.15, 0.2) is 0 Å². The third-order valence-electron chi connectivity index (χ3n) is 5.67. The molecule has 0 bridgehead atoms. The number of nitrogens with one attached hydrogen (secondary N) is 2. The number of rotatable bonds is 8. The third-order valence-corrected chi connectivity index (χ3v) is 5.67. The van der Waals surface area contributed by atoms with Gasteiger partial charge in [-0.3, -0.25) is 14.9 Å². The van der Waals surface area contributed by atoms with Crippen molar-refractivity contribution in [3.05, 3.63) is 54.5 Å². The summed E-state index contributed by atoms with van der Waals surface area (Å²) in [4.78, 5) is 27.7. The number of hydrogen-bond donors (Lipinski definition) is 2. The minimum Gasteiger partial charge on any atom is -0.497 e. The molecule has 0 radical (unpaired) electrons. The van der Waals surface area contributed by atoms with E-state index in [0.29, 0.717) is 12.4 Å². The largest absolute Gasteiger partial charge is 0.497 e. The third kappa shape index (κ3) is 6.52. The van der Waals surface area contributed by atoms with Crippen molar-refractivity contribution in [3.8, 4) is 5.75 Å². The second kappa shape index (κ2) is 10.9. The Morgan fingerprint density at radius 1 is 1.18 bits per heavy atom. The zero-order valence-corrected chi connectivity index (χ0v) is 19.0. The molecular weight excluding hydrogens is 420 g/mol. The maximum Gasteiger partial charge on any atom is 0.407 e. The first-order valence-corrected chi connectivity index (χ1v) is 11.2. The van der Waals surface area contributed by atoms with Crippen LogP contribution in [0.15, 0.2) is 48.9 Å². The van der Waals surface area contributed by atoms with E-state index >= 15 is 0 Å². The quantitative estimate of drug-likeness (QED) is 0.539. The molecule has 4 rings (SSSR count). The van der Waals surface area contributed by atoms with Crippen LogP contribution in [-0.4, -0.2) is 64.8 Å². The van der Waals surface area contributed by atoms with E-state index in [9.17, 15) is 4.79 Å². The molecule has 33 heavy (non-hydrogen) atoms. The summed E-state index contributed by atoms with van der Waals surface area (Å²) < 4.78 is 10.8. The number of carbonyl (C=O) groups excluding carboxylic acids is 1. The SMILES string of the molecule is COc1ccc2nc(NC[C@@H](C)NC(=O)OC3CCN(Cc4ccncc4)CC3)cnc2c1. The van der Waals surface area contributed by atoms with Gasteiger partial charge in [0.1, 0.15) is 17.7 Å². The highest BCUT2D eigenvalue weighted by atomic mass is 16.6. The van der Waals surface area contributed by atoms with E-state index in [1.807, 2.05) is 49.6 Å². The molecule has 2 aromatic heterocycles. The lowest BCUT2D eigenvalue weighted by Crippen LogP contribution is -2.42. The number of amides is 1. The Kier molecular flexibility index (Phi) is 7.51. The molecular formula is C24H30N6O3. The first-order chi connectivity index (χ1) is 16.1.